The zero-order valence-corrected chi connectivity index (χ0v) is 14.3. The summed E-state index contributed by atoms with van der Waals surface area (Å²) in [6.45, 7) is 0.305. The Morgan fingerprint density at radius 1 is 0.840 bits per heavy atom. The maximum Gasteiger partial charge on any atom is 0.184 e. The van der Waals surface area contributed by atoms with E-state index in [1.54, 1.807) is 0 Å². The minimum Gasteiger partial charge on any atom is -0.387 e. The molecule has 0 saturated carbocycles. The van der Waals surface area contributed by atoms with Crippen LogP contribution in [0.25, 0.3) is 0 Å². The van der Waals surface area contributed by atoms with Gasteiger partial charge in [-0.05, 0) is 12.1 Å². The highest BCUT2D eigenvalue weighted by Gasteiger charge is 2.49. The number of hydrogen-bond donors (Lipinski definition) is 2. The standard InChI is InChI=1S/C19H20O5S/c20-15-16(21)19(25-13-9-5-2-6-10-13)23-14-11-22-18(24-17(14)15)12-7-3-1-4-8-12/h1-10,14-21H,11H2/t14-,15-,16-,17+,18+,19+/m1/s1. The molecule has 2 aliphatic heterocycles. The molecule has 2 heterocycles. The molecule has 0 aliphatic carbocycles. The molecule has 5 nitrogen and oxygen atoms in total. The van der Waals surface area contributed by atoms with Gasteiger partial charge in [0.1, 0.15) is 29.9 Å². The first-order valence-electron chi connectivity index (χ1n) is 8.28. The van der Waals surface area contributed by atoms with Crippen molar-refractivity contribution in [3.63, 3.8) is 0 Å². The van der Waals surface area contributed by atoms with E-state index in [9.17, 15) is 10.2 Å². The van der Waals surface area contributed by atoms with Crippen LogP contribution in [0.4, 0.5) is 0 Å². The van der Waals surface area contributed by atoms with Crippen LogP contribution in [0.15, 0.2) is 65.6 Å². The summed E-state index contributed by atoms with van der Waals surface area (Å²) < 4.78 is 17.6. The van der Waals surface area contributed by atoms with Crippen LogP contribution in [-0.2, 0) is 14.2 Å². The highest BCUT2D eigenvalue weighted by molar-refractivity contribution is 7.99. The topological polar surface area (TPSA) is 68.2 Å². The van der Waals surface area contributed by atoms with E-state index in [1.807, 2.05) is 60.7 Å². The van der Waals surface area contributed by atoms with Crippen molar-refractivity contribution in [2.24, 2.45) is 0 Å². The summed E-state index contributed by atoms with van der Waals surface area (Å²) in [4.78, 5) is 0.969. The molecule has 6 heteroatoms. The van der Waals surface area contributed by atoms with E-state index in [-0.39, 0.29) is 0 Å². The van der Waals surface area contributed by atoms with Gasteiger partial charge >= 0.3 is 0 Å². The van der Waals surface area contributed by atoms with Crippen LogP contribution in [0.5, 0.6) is 0 Å². The summed E-state index contributed by atoms with van der Waals surface area (Å²) in [6, 6.07) is 19.2. The third kappa shape index (κ3) is 3.60. The fourth-order valence-electron chi connectivity index (χ4n) is 3.09. The number of benzene rings is 2. The van der Waals surface area contributed by atoms with E-state index in [4.69, 9.17) is 14.2 Å². The lowest BCUT2D eigenvalue weighted by molar-refractivity contribution is -0.318. The Morgan fingerprint density at radius 3 is 2.24 bits per heavy atom. The monoisotopic (exact) mass is 360 g/mol. The Labute approximate surface area is 150 Å². The molecule has 2 aromatic carbocycles. The van der Waals surface area contributed by atoms with Crippen LogP contribution in [0, 0.1) is 0 Å². The molecule has 6 atom stereocenters. The van der Waals surface area contributed by atoms with E-state index in [2.05, 4.69) is 0 Å². The second kappa shape index (κ2) is 7.45. The van der Waals surface area contributed by atoms with Crippen LogP contribution < -0.4 is 0 Å². The lowest BCUT2D eigenvalue weighted by Gasteiger charge is -2.46. The van der Waals surface area contributed by atoms with Crippen molar-refractivity contribution in [3.05, 3.63) is 66.2 Å². The highest BCUT2D eigenvalue weighted by atomic mass is 32.2. The molecule has 0 unspecified atom stereocenters. The van der Waals surface area contributed by atoms with Gasteiger partial charge in [-0.3, -0.25) is 0 Å². The Morgan fingerprint density at radius 2 is 1.52 bits per heavy atom. The SMILES string of the molecule is O[C@@H]1[C@@H](O)[C@H](Sc2ccccc2)O[C@@H]2CO[C@H](c3ccccc3)O[C@H]12. The molecule has 2 fully saturated rings. The van der Waals surface area contributed by atoms with Crippen LogP contribution >= 0.6 is 11.8 Å². The van der Waals surface area contributed by atoms with Crippen molar-refractivity contribution in [1.82, 2.24) is 0 Å². The Hall–Kier alpha value is -1.41. The van der Waals surface area contributed by atoms with Crippen molar-refractivity contribution in [1.29, 1.82) is 0 Å². The van der Waals surface area contributed by atoms with Gasteiger partial charge in [0.15, 0.2) is 6.29 Å². The molecule has 2 N–H and O–H groups in total. The number of rotatable bonds is 3. The molecule has 2 aromatic rings. The van der Waals surface area contributed by atoms with E-state index in [1.165, 1.54) is 11.8 Å². The first-order chi connectivity index (χ1) is 12.2. The largest absolute Gasteiger partial charge is 0.387 e. The fourth-order valence-corrected chi connectivity index (χ4v) is 4.17. The average molecular weight is 360 g/mol. The van der Waals surface area contributed by atoms with Crippen LogP contribution in [-0.4, -0.2) is 46.7 Å². The lowest BCUT2D eigenvalue weighted by Crippen LogP contribution is -2.60. The second-order valence-electron chi connectivity index (χ2n) is 6.13. The third-order valence-electron chi connectivity index (χ3n) is 4.40. The summed E-state index contributed by atoms with van der Waals surface area (Å²) in [5.41, 5.74) is 0.308. The molecule has 2 saturated heterocycles. The maximum absolute atomic E-state index is 10.6. The minimum absolute atomic E-state index is 0.305. The van der Waals surface area contributed by atoms with E-state index in [0.29, 0.717) is 6.61 Å². The van der Waals surface area contributed by atoms with E-state index >= 15 is 0 Å². The Kier molecular flexibility index (Phi) is 5.08. The summed E-state index contributed by atoms with van der Waals surface area (Å²) in [7, 11) is 0. The Bertz CT molecular complexity index is 681. The maximum atomic E-state index is 10.6. The first-order valence-corrected chi connectivity index (χ1v) is 9.15. The molecular formula is C19H20O5S. The summed E-state index contributed by atoms with van der Waals surface area (Å²) in [5.74, 6) is 0. The van der Waals surface area contributed by atoms with Crippen molar-refractivity contribution in [2.45, 2.75) is 41.0 Å². The number of ether oxygens (including phenoxy) is 3. The van der Waals surface area contributed by atoms with Gasteiger partial charge in [0.25, 0.3) is 0 Å². The lowest BCUT2D eigenvalue weighted by atomic mass is 9.99. The minimum atomic E-state index is -1.04. The van der Waals surface area contributed by atoms with Gasteiger partial charge in [0, 0.05) is 10.5 Å². The molecule has 132 valence electrons. The van der Waals surface area contributed by atoms with Gasteiger partial charge in [0.05, 0.1) is 6.61 Å². The number of hydrogen-bond acceptors (Lipinski definition) is 6. The first kappa shape index (κ1) is 17.0. The molecule has 0 aromatic heterocycles. The summed E-state index contributed by atoms with van der Waals surface area (Å²) in [6.07, 6.45) is -3.68. The van der Waals surface area contributed by atoms with Crippen LogP contribution in [0.3, 0.4) is 0 Å². The smallest absolute Gasteiger partial charge is 0.184 e. The predicted octanol–water partition coefficient (Wildman–Crippen LogP) is 2.34. The molecule has 0 amide bonds. The summed E-state index contributed by atoms with van der Waals surface area (Å²) >= 11 is 1.39. The molecule has 25 heavy (non-hydrogen) atoms. The van der Waals surface area contributed by atoms with E-state index in [0.717, 1.165) is 10.5 Å². The van der Waals surface area contributed by atoms with Crippen molar-refractivity contribution in [3.8, 4) is 0 Å². The zero-order chi connectivity index (χ0) is 17.2. The van der Waals surface area contributed by atoms with E-state index < -0.39 is 36.1 Å². The van der Waals surface area contributed by atoms with Gasteiger partial charge in [-0.1, -0.05) is 60.3 Å². The molecule has 0 bridgehead atoms. The second-order valence-corrected chi connectivity index (χ2v) is 7.30. The Balaban J connectivity index is 1.46. The average Bonchev–Trinajstić information content (AvgIpc) is 2.67. The van der Waals surface area contributed by atoms with Crippen LogP contribution in [0.2, 0.25) is 0 Å². The van der Waals surface area contributed by atoms with Crippen LogP contribution in [0.1, 0.15) is 11.9 Å². The van der Waals surface area contributed by atoms with Gasteiger partial charge in [0.2, 0.25) is 0 Å². The number of aliphatic hydroxyl groups is 2. The molecule has 0 radical (unpaired) electrons. The normalized spacial score (nSPS) is 35.1. The summed E-state index contributed by atoms with van der Waals surface area (Å²) in [5, 5.41) is 21.0. The molecular weight excluding hydrogens is 340 g/mol. The van der Waals surface area contributed by atoms with Gasteiger partial charge in [-0.2, -0.15) is 0 Å². The van der Waals surface area contributed by atoms with Crippen molar-refractivity contribution >= 4 is 11.8 Å². The molecule has 0 spiro atoms. The van der Waals surface area contributed by atoms with Gasteiger partial charge < -0.3 is 24.4 Å². The van der Waals surface area contributed by atoms with Gasteiger partial charge in [-0.15, -0.1) is 0 Å². The molecule has 4 rings (SSSR count). The predicted molar refractivity (Wildman–Crippen MR) is 93.0 cm³/mol. The number of fused-ring (bicyclic) bond motifs is 1. The number of aliphatic hydroxyl groups excluding tert-OH is 2. The fraction of sp³-hybridized carbons (Fsp3) is 0.368. The van der Waals surface area contributed by atoms with Gasteiger partial charge in [-0.25, -0.2) is 0 Å². The highest BCUT2D eigenvalue weighted by Crippen LogP contribution is 2.38. The molecule has 2 aliphatic rings. The zero-order valence-electron chi connectivity index (χ0n) is 13.5. The quantitative estimate of drug-likeness (QED) is 0.876. The number of thioether (sulfide) groups is 1. The van der Waals surface area contributed by atoms with Crippen molar-refractivity contribution < 1.29 is 24.4 Å². The van der Waals surface area contributed by atoms with Crippen molar-refractivity contribution in [2.75, 3.05) is 6.61 Å². The third-order valence-corrected chi connectivity index (χ3v) is 5.57.